The molecule has 0 N–H and O–H groups in total. The number of benzene rings is 1. The van der Waals surface area contributed by atoms with Crippen LogP contribution in [-0.2, 0) is 0 Å². The third-order valence-electron chi connectivity index (χ3n) is 2.63. The quantitative estimate of drug-likeness (QED) is 0.470. The van der Waals surface area contributed by atoms with Crippen LogP contribution in [0.1, 0.15) is 29.4 Å². The molecule has 2 aromatic rings. The van der Waals surface area contributed by atoms with Crippen molar-refractivity contribution in [2.45, 2.75) is 19.8 Å². The predicted molar refractivity (Wildman–Crippen MR) is 84.0 cm³/mol. The Kier molecular flexibility index (Phi) is 4.91. The van der Waals surface area contributed by atoms with Crippen molar-refractivity contribution >= 4 is 51.9 Å². The minimum Gasteiger partial charge on any atom is -0.293 e. The van der Waals surface area contributed by atoms with Crippen LogP contribution in [0.25, 0.3) is 10.4 Å². The van der Waals surface area contributed by atoms with E-state index in [0.29, 0.717) is 21.5 Å². The Morgan fingerprint density at radius 1 is 1.11 bits per heavy atom. The highest BCUT2D eigenvalue weighted by atomic mass is 35.5. The average Bonchev–Trinajstić information content (AvgIpc) is 2.83. The normalized spacial score (nSPS) is 10.7. The van der Waals surface area contributed by atoms with Gasteiger partial charge in [-0.2, -0.15) is 0 Å². The molecule has 0 saturated carbocycles. The number of thiophene rings is 1. The lowest BCUT2D eigenvalue weighted by Gasteiger charge is -2.04. The Labute approximate surface area is 131 Å². The Morgan fingerprint density at radius 3 is 2.47 bits per heavy atom. The number of hydrogen-bond acceptors (Lipinski definition) is 2. The first-order valence-corrected chi connectivity index (χ1v) is 7.76. The summed E-state index contributed by atoms with van der Waals surface area (Å²) in [4.78, 5) is 13.5. The zero-order valence-corrected chi connectivity index (χ0v) is 13.3. The van der Waals surface area contributed by atoms with Gasteiger partial charge in [-0.1, -0.05) is 41.7 Å². The van der Waals surface area contributed by atoms with Crippen LogP contribution < -0.4 is 0 Å². The van der Waals surface area contributed by atoms with Gasteiger partial charge in [0.1, 0.15) is 0 Å². The fourth-order valence-electron chi connectivity index (χ4n) is 1.69. The fraction of sp³-hybridized carbons (Fsp3) is 0.214. The van der Waals surface area contributed by atoms with Crippen LogP contribution in [0.5, 0.6) is 0 Å². The third-order valence-corrected chi connectivity index (χ3v) is 4.83. The van der Waals surface area contributed by atoms with Crippen molar-refractivity contribution in [1.29, 1.82) is 0 Å². The summed E-state index contributed by atoms with van der Waals surface area (Å²) in [6.07, 6.45) is 1.41. The van der Waals surface area contributed by atoms with Crippen LogP contribution in [-0.4, -0.2) is 5.78 Å². The molecule has 2 rings (SSSR count). The zero-order chi connectivity index (χ0) is 14.0. The molecule has 0 aliphatic carbocycles. The molecule has 1 heterocycles. The Morgan fingerprint density at radius 2 is 1.79 bits per heavy atom. The molecule has 0 radical (unpaired) electrons. The molecule has 0 atom stereocenters. The van der Waals surface area contributed by atoms with E-state index in [2.05, 4.69) is 0 Å². The highest BCUT2D eigenvalue weighted by Gasteiger charge is 2.13. The summed E-state index contributed by atoms with van der Waals surface area (Å²) >= 11 is 19.5. The molecule has 1 aromatic carbocycles. The van der Waals surface area contributed by atoms with E-state index in [9.17, 15) is 4.79 Å². The summed E-state index contributed by atoms with van der Waals surface area (Å²) in [7, 11) is 0. The van der Waals surface area contributed by atoms with Crippen molar-refractivity contribution in [3.8, 4) is 10.4 Å². The first-order valence-electron chi connectivity index (χ1n) is 5.81. The van der Waals surface area contributed by atoms with Crippen LogP contribution in [0.4, 0.5) is 0 Å². The van der Waals surface area contributed by atoms with Crippen LogP contribution >= 0.6 is 46.1 Å². The van der Waals surface area contributed by atoms with Crippen LogP contribution in [0.3, 0.4) is 0 Å². The van der Waals surface area contributed by atoms with Gasteiger partial charge in [-0.3, -0.25) is 4.79 Å². The van der Waals surface area contributed by atoms with Crippen molar-refractivity contribution in [2.75, 3.05) is 0 Å². The summed E-state index contributed by atoms with van der Waals surface area (Å²) in [5.74, 6) is 0.162. The monoisotopic (exact) mass is 332 g/mol. The van der Waals surface area contributed by atoms with Gasteiger partial charge in [-0.15, -0.1) is 11.3 Å². The molecule has 0 aliphatic rings. The van der Waals surface area contributed by atoms with Gasteiger partial charge in [-0.05, 0) is 30.7 Å². The first kappa shape index (κ1) is 14.9. The van der Waals surface area contributed by atoms with E-state index < -0.39 is 0 Å². The molecule has 100 valence electrons. The Bertz CT molecular complexity index is 619. The predicted octanol–water partition coefficient (Wildman–Crippen LogP) is 6.36. The maximum absolute atomic E-state index is 11.8. The molecule has 5 heteroatoms. The number of ketones is 1. The molecule has 0 spiro atoms. The van der Waals surface area contributed by atoms with E-state index in [1.54, 1.807) is 12.1 Å². The molecule has 0 bridgehead atoms. The molecule has 1 nitrogen and oxygen atoms in total. The number of hydrogen-bond donors (Lipinski definition) is 0. The van der Waals surface area contributed by atoms with Gasteiger partial charge >= 0.3 is 0 Å². The van der Waals surface area contributed by atoms with E-state index >= 15 is 0 Å². The Balaban J connectivity index is 2.38. The number of carbonyl (C=O) groups is 1. The van der Waals surface area contributed by atoms with Crippen LogP contribution in [0, 0.1) is 0 Å². The number of halogens is 3. The van der Waals surface area contributed by atoms with Gasteiger partial charge < -0.3 is 0 Å². The van der Waals surface area contributed by atoms with E-state index in [0.717, 1.165) is 21.7 Å². The minimum absolute atomic E-state index is 0.162. The zero-order valence-electron chi connectivity index (χ0n) is 10.2. The second-order valence-corrected chi connectivity index (χ2v) is 6.39. The maximum atomic E-state index is 11.8. The summed E-state index contributed by atoms with van der Waals surface area (Å²) in [5.41, 5.74) is 0.802. The van der Waals surface area contributed by atoms with Crippen molar-refractivity contribution in [3.63, 3.8) is 0 Å². The average molecular weight is 334 g/mol. The van der Waals surface area contributed by atoms with Gasteiger partial charge in [0.2, 0.25) is 0 Å². The van der Waals surface area contributed by atoms with Gasteiger partial charge in [-0.25, -0.2) is 0 Å². The topological polar surface area (TPSA) is 17.1 Å². The molecule has 0 unspecified atom stereocenters. The van der Waals surface area contributed by atoms with Gasteiger partial charge in [0, 0.05) is 16.9 Å². The summed E-state index contributed by atoms with van der Waals surface area (Å²) in [5, 5.41) is 1.41. The molecular weight excluding hydrogens is 323 g/mol. The number of carbonyl (C=O) groups excluding carboxylic acids is 1. The SMILES string of the molecule is CCCC(=O)c1ccc(-c2cc(Cl)c(Cl)cc2Cl)s1. The minimum atomic E-state index is 0.162. The van der Waals surface area contributed by atoms with E-state index in [-0.39, 0.29) is 5.78 Å². The third kappa shape index (κ3) is 3.32. The number of rotatable bonds is 4. The van der Waals surface area contributed by atoms with Gasteiger partial charge in [0.15, 0.2) is 5.78 Å². The van der Waals surface area contributed by atoms with Gasteiger partial charge in [0.25, 0.3) is 0 Å². The van der Waals surface area contributed by atoms with Crippen LogP contribution in [0.15, 0.2) is 24.3 Å². The molecular formula is C14H11Cl3OS. The van der Waals surface area contributed by atoms with E-state index in [4.69, 9.17) is 34.8 Å². The molecule has 1 aromatic heterocycles. The van der Waals surface area contributed by atoms with Crippen molar-refractivity contribution < 1.29 is 4.79 Å². The lowest BCUT2D eigenvalue weighted by atomic mass is 10.2. The second kappa shape index (κ2) is 6.27. The summed E-state index contributed by atoms with van der Waals surface area (Å²) < 4.78 is 0. The van der Waals surface area contributed by atoms with Crippen molar-refractivity contribution in [1.82, 2.24) is 0 Å². The van der Waals surface area contributed by atoms with E-state index in [1.807, 2.05) is 19.1 Å². The lowest BCUT2D eigenvalue weighted by Crippen LogP contribution is -1.93. The fourth-order valence-corrected chi connectivity index (χ4v) is 3.40. The lowest BCUT2D eigenvalue weighted by molar-refractivity contribution is 0.0985. The molecule has 19 heavy (non-hydrogen) atoms. The highest BCUT2D eigenvalue weighted by Crippen LogP contribution is 2.38. The van der Waals surface area contributed by atoms with Crippen molar-refractivity contribution in [2.24, 2.45) is 0 Å². The molecule has 0 amide bonds. The smallest absolute Gasteiger partial charge is 0.172 e. The molecule has 0 fully saturated rings. The molecule has 0 saturated heterocycles. The van der Waals surface area contributed by atoms with Crippen molar-refractivity contribution in [3.05, 3.63) is 44.2 Å². The van der Waals surface area contributed by atoms with Gasteiger partial charge in [0.05, 0.1) is 19.9 Å². The second-order valence-electron chi connectivity index (χ2n) is 4.08. The van der Waals surface area contributed by atoms with Crippen LogP contribution in [0.2, 0.25) is 15.1 Å². The van der Waals surface area contributed by atoms with E-state index in [1.165, 1.54) is 11.3 Å². The first-order chi connectivity index (χ1) is 9.02. The molecule has 0 aliphatic heterocycles. The number of Topliss-reactive ketones (excluding diaryl/α,β-unsaturated/α-hetero) is 1. The Hall–Kier alpha value is -0.540. The largest absolute Gasteiger partial charge is 0.293 e. The standard InChI is InChI=1S/C14H11Cl3OS/c1-2-3-12(18)14-5-4-13(19-14)8-6-10(16)11(17)7-9(8)15/h4-7H,2-3H2,1H3. The maximum Gasteiger partial charge on any atom is 0.172 e. The summed E-state index contributed by atoms with van der Waals surface area (Å²) in [6.45, 7) is 1.99. The summed E-state index contributed by atoms with van der Waals surface area (Å²) in [6, 6.07) is 7.07. The highest BCUT2D eigenvalue weighted by molar-refractivity contribution is 7.17.